The Morgan fingerprint density at radius 2 is 2.22 bits per heavy atom. The molecule has 0 aliphatic heterocycles. The molecule has 0 aliphatic carbocycles. The van der Waals surface area contributed by atoms with E-state index in [1.807, 2.05) is 13.8 Å². The van der Waals surface area contributed by atoms with Gasteiger partial charge in [0.15, 0.2) is 0 Å². The Balaban J connectivity index is 2.72. The van der Waals surface area contributed by atoms with Crippen LogP contribution < -0.4 is 10.6 Å². The zero-order valence-electron chi connectivity index (χ0n) is 11.1. The van der Waals surface area contributed by atoms with Crippen molar-refractivity contribution < 1.29 is 4.79 Å². The lowest BCUT2D eigenvalue weighted by molar-refractivity contribution is 0.0938. The minimum Gasteiger partial charge on any atom is -0.369 e. The molecule has 5 heteroatoms. The van der Waals surface area contributed by atoms with E-state index in [9.17, 15) is 4.79 Å². The van der Waals surface area contributed by atoms with Gasteiger partial charge >= 0.3 is 0 Å². The Labute approximate surface area is 113 Å². The van der Waals surface area contributed by atoms with Crippen LogP contribution in [0.3, 0.4) is 0 Å². The predicted octanol–water partition coefficient (Wildman–Crippen LogP) is 3.09. The lowest BCUT2D eigenvalue weighted by Gasteiger charge is -2.13. The highest BCUT2D eigenvalue weighted by atomic mass is 35.5. The molecule has 1 amide bonds. The topological polar surface area (TPSA) is 54.0 Å². The van der Waals surface area contributed by atoms with Crippen molar-refractivity contribution in [1.29, 1.82) is 0 Å². The van der Waals surface area contributed by atoms with Gasteiger partial charge in [-0.1, -0.05) is 24.9 Å². The predicted molar refractivity (Wildman–Crippen MR) is 75.2 cm³/mol. The molecular formula is C13H20ClN3O. The smallest absolute Gasteiger partial charge is 0.253 e. The molecular weight excluding hydrogens is 250 g/mol. The number of nitrogens with one attached hydrogen (secondary N) is 2. The maximum Gasteiger partial charge on any atom is 0.253 e. The molecule has 0 aliphatic rings. The van der Waals surface area contributed by atoms with Crippen molar-refractivity contribution in [2.45, 2.75) is 39.7 Å². The van der Waals surface area contributed by atoms with Gasteiger partial charge in [0.2, 0.25) is 0 Å². The zero-order chi connectivity index (χ0) is 13.5. The summed E-state index contributed by atoms with van der Waals surface area (Å²) < 4.78 is 0. The summed E-state index contributed by atoms with van der Waals surface area (Å²) in [7, 11) is 0. The van der Waals surface area contributed by atoms with Gasteiger partial charge in [0.25, 0.3) is 5.91 Å². The highest BCUT2D eigenvalue weighted by Gasteiger charge is 2.11. The summed E-state index contributed by atoms with van der Waals surface area (Å²) in [5.74, 6) is 0.478. The lowest BCUT2D eigenvalue weighted by Crippen LogP contribution is -2.32. The van der Waals surface area contributed by atoms with Crippen LogP contribution in [0.25, 0.3) is 0 Å². The number of carbonyl (C=O) groups excluding carboxylic acids is 1. The molecule has 4 nitrogen and oxygen atoms in total. The number of halogens is 1. The van der Waals surface area contributed by atoms with E-state index < -0.39 is 0 Å². The standard InChI is InChI=1S/C13H20ClN3O/c1-4-6-9(3)17-13(18)10-7-11(14)12(15-5-2)16-8-10/h7-9H,4-6H2,1-3H3,(H,15,16)(H,17,18). The fourth-order valence-electron chi connectivity index (χ4n) is 1.67. The number of nitrogens with zero attached hydrogens (tertiary/aromatic N) is 1. The van der Waals surface area contributed by atoms with Crippen LogP contribution in [0, 0.1) is 0 Å². The van der Waals surface area contributed by atoms with Gasteiger partial charge in [-0.3, -0.25) is 4.79 Å². The van der Waals surface area contributed by atoms with Crippen molar-refractivity contribution in [2.75, 3.05) is 11.9 Å². The van der Waals surface area contributed by atoms with Gasteiger partial charge in [-0.05, 0) is 26.3 Å². The number of hydrogen-bond donors (Lipinski definition) is 2. The van der Waals surface area contributed by atoms with Crippen molar-refractivity contribution >= 4 is 23.3 Å². The molecule has 0 fully saturated rings. The maximum absolute atomic E-state index is 11.9. The first-order valence-electron chi connectivity index (χ1n) is 6.28. The van der Waals surface area contributed by atoms with Crippen LogP contribution in [-0.2, 0) is 0 Å². The summed E-state index contributed by atoms with van der Waals surface area (Å²) in [5.41, 5.74) is 0.490. The summed E-state index contributed by atoms with van der Waals surface area (Å²) in [6.45, 7) is 6.78. The molecule has 0 radical (unpaired) electrons. The number of amides is 1. The minimum absolute atomic E-state index is 0.131. The number of aromatic nitrogens is 1. The number of anilines is 1. The Hall–Kier alpha value is -1.29. The van der Waals surface area contributed by atoms with Crippen LogP contribution in [0.2, 0.25) is 5.02 Å². The van der Waals surface area contributed by atoms with E-state index in [1.54, 1.807) is 6.07 Å². The van der Waals surface area contributed by atoms with Gasteiger partial charge in [0.1, 0.15) is 5.82 Å². The molecule has 0 spiro atoms. The van der Waals surface area contributed by atoms with E-state index in [-0.39, 0.29) is 11.9 Å². The average Bonchev–Trinajstić information content (AvgIpc) is 2.32. The number of carbonyl (C=O) groups is 1. The molecule has 0 saturated carbocycles. The van der Waals surface area contributed by atoms with Gasteiger partial charge in [-0.15, -0.1) is 0 Å². The fraction of sp³-hybridized carbons (Fsp3) is 0.538. The summed E-state index contributed by atoms with van der Waals surface area (Å²) in [6, 6.07) is 1.80. The fourth-order valence-corrected chi connectivity index (χ4v) is 1.91. The number of hydrogen-bond acceptors (Lipinski definition) is 3. The Bertz CT molecular complexity index is 409. The van der Waals surface area contributed by atoms with E-state index in [0.29, 0.717) is 16.4 Å². The quantitative estimate of drug-likeness (QED) is 0.834. The summed E-state index contributed by atoms with van der Waals surface area (Å²) in [5, 5.41) is 6.41. The molecule has 100 valence electrons. The lowest BCUT2D eigenvalue weighted by atomic mass is 10.2. The van der Waals surface area contributed by atoms with Crippen molar-refractivity contribution in [2.24, 2.45) is 0 Å². The van der Waals surface area contributed by atoms with Crippen molar-refractivity contribution in [3.8, 4) is 0 Å². The zero-order valence-corrected chi connectivity index (χ0v) is 11.8. The van der Waals surface area contributed by atoms with E-state index in [4.69, 9.17) is 11.6 Å². The van der Waals surface area contributed by atoms with Gasteiger partial charge < -0.3 is 10.6 Å². The van der Waals surface area contributed by atoms with Crippen LogP contribution in [0.15, 0.2) is 12.3 Å². The van der Waals surface area contributed by atoms with Crippen molar-refractivity contribution in [1.82, 2.24) is 10.3 Å². The monoisotopic (exact) mass is 269 g/mol. The second kappa shape index (κ2) is 7.21. The van der Waals surface area contributed by atoms with Crippen LogP contribution in [0.1, 0.15) is 44.0 Å². The van der Waals surface area contributed by atoms with Crippen molar-refractivity contribution in [3.63, 3.8) is 0 Å². The van der Waals surface area contributed by atoms with E-state index in [1.165, 1.54) is 6.20 Å². The third kappa shape index (κ3) is 4.18. The summed E-state index contributed by atoms with van der Waals surface area (Å²) in [6.07, 6.45) is 3.54. The molecule has 0 saturated heterocycles. The molecule has 1 aromatic rings. The molecule has 18 heavy (non-hydrogen) atoms. The van der Waals surface area contributed by atoms with Crippen molar-refractivity contribution in [3.05, 3.63) is 22.8 Å². The van der Waals surface area contributed by atoms with Crippen LogP contribution in [0.4, 0.5) is 5.82 Å². The summed E-state index contributed by atoms with van der Waals surface area (Å²) >= 11 is 6.04. The largest absolute Gasteiger partial charge is 0.369 e. The van der Waals surface area contributed by atoms with Gasteiger partial charge in [-0.25, -0.2) is 4.98 Å². The van der Waals surface area contributed by atoms with E-state index in [2.05, 4.69) is 22.5 Å². The van der Waals surface area contributed by atoms with Gasteiger partial charge in [0.05, 0.1) is 10.6 Å². The molecule has 0 bridgehead atoms. The first kappa shape index (κ1) is 14.8. The average molecular weight is 270 g/mol. The molecule has 0 aromatic carbocycles. The second-order valence-corrected chi connectivity index (χ2v) is 4.66. The number of pyridine rings is 1. The van der Waals surface area contributed by atoms with Crippen LogP contribution >= 0.6 is 11.6 Å². The molecule has 1 heterocycles. The van der Waals surface area contributed by atoms with E-state index in [0.717, 1.165) is 19.4 Å². The Morgan fingerprint density at radius 3 is 2.78 bits per heavy atom. The SMILES string of the molecule is CCCC(C)NC(=O)c1cnc(NCC)c(Cl)c1. The van der Waals surface area contributed by atoms with E-state index >= 15 is 0 Å². The third-order valence-electron chi connectivity index (χ3n) is 2.55. The first-order valence-corrected chi connectivity index (χ1v) is 6.66. The number of rotatable bonds is 6. The Morgan fingerprint density at radius 1 is 1.50 bits per heavy atom. The van der Waals surface area contributed by atoms with Gasteiger partial charge in [0, 0.05) is 18.8 Å². The highest BCUT2D eigenvalue weighted by molar-refractivity contribution is 6.33. The Kier molecular flexibility index (Phi) is 5.92. The molecule has 1 aromatic heterocycles. The highest BCUT2D eigenvalue weighted by Crippen LogP contribution is 2.19. The first-order chi connectivity index (χ1) is 8.58. The molecule has 1 atom stereocenters. The summed E-state index contributed by atoms with van der Waals surface area (Å²) in [4.78, 5) is 16.1. The van der Waals surface area contributed by atoms with Gasteiger partial charge in [-0.2, -0.15) is 0 Å². The third-order valence-corrected chi connectivity index (χ3v) is 2.83. The molecule has 2 N–H and O–H groups in total. The second-order valence-electron chi connectivity index (χ2n) is 4.25. The normalized spacial score (nSPS) is 12.0. The minimum atomic E-state index is -0.131. The van der Waals surface area contributed by atoms with Crippen LogP contribution in [0.5, 0.6) is 0 Å². The maximum atomic E-state index is 11.9. The molecule has 1 unspecified atom stereocenters. The van der Waals surface area contributed by atoms with Crippen LogP contribution in [-0.4, -0.2) is 23.5 Å². The molecule has 1 rings (SSSR count).